The second-order valence-electron chi connectivity index (χ2n) is 17.0. The van der Waals surface area contributed by atoms with E-state index in [2.05, 4.69) is 75.2 Å². The van der Waals surface area contributed by atoms with Crippen LogP contribution in [0, 0.1) is 5.92 Å². The second-order valence-corrected chi connectivity index (χ2v) is 17.0. The molecule has 14 nitrogen and oxygen atoms in total. The summed E-state index contributed by atoms with van der Waals surface area (Å²) in [6.45, 7) is 4.98. The fourth-order valence-corrected chi connectivity index (χ4v) is 9.49. The van der Waals surface area contributed by atoms with E-state index in [1.807, 2.05) is 60.2 Å². The molecule has 4 atom stereocenters. The number of H-pyrrole nitrogens is 2. The molecule has 9 rings (SSSR count). The maximum atomic E-state index is 14.1. The number of aryl methyl sites for hydroxylation is 2. The fourth-order valence-electron chi connectivity index (χ4n) is 9.49. The number of rotatable bonds is 10. The van der Waals surface area contributed by atoms with E-state index in [1.165, 1.54) is 19.8 Å². The van der Waals surface area contributed by atoms with Crippen molar-refractivity contribution in [3.63, 3.8) is 0 Å². The van der Waals surface area contributed by atoms with Gasteiger partial charge in [0, 0.05) is 29.9 Å². The molecule has 2 saturated heterocycles. The lowest BCUT2D eigenvalue weighted by Gasteiger charge is -2.30. The van der Waals surface area contributed by atoms with Crippen molar-refractivity contribution in [2.45, 2.75) is 76.5 Å². The normalized spacial score (nSPS) is 17.9. The SMILES string of the molecule is COC(=O)NC(C(=O)N1CCC[C@H]1c1ncc(-c2ccc3cc(-c4ccc5c(c4)CCc4[nH]c([C@@H]6CCCN6C(=O)[C@H](NC(=O)OC)c6ccccc6)nc4-5)ccc3c2)[nH]1)C(C)C. The molecule has 324 valence electrons. The third-order valence-corrected chi connectivity index (χ3v) is 12.8. The Hall–Kier alpha value is -6.96. The Kier molecular flexibility index (Phi) is 11.5. The van der Waals surface area contributed by atoms with Crippen LogP contribution in [0.15, 0.2) is 91.1 Å². The molecule has 0 spiro atoms. The number of aromatic amines is 2. The number of fused-ring (bicyclic) bond motifs is 4. The molecule has 2 aromatic heterocycles. The zero-order valence-corrected chi connectivity index (χ0v) is 35.9. The van der Waals surface area contributed by atoms with Gasteiger partial charge < -0.3 is 39.9 Å². The number of benzene rings is 4. The molecule has 0 saturated carbocycles. The summed E-state index contributed by atoms with van der Waals surface area (Å²) in [5.74, 6) is 1.07. The summed E-state index contributed by atoms with van der Waals surface area (Å²) >= 11 is 0. The molecule has 1 aliphatic carbocycles. The Morgan fingerprint density at radius 2 is 1.35 bits per heavy atom. The lowest BCUT2D eigenvalue weighted by atomic mass is 9.89. The van der Waals surface area contributed by atoms with Crippen LogP contribution in [0.3, 0.4) is 0 Å². The summed E-state index contributed by atoms with van der Waals surface area (Å²) in [5.41, 5.74) is 9.15. The van der Waals surface area contributed by atoms with Crippen molar-refractivity contribution in [2.75, 3.05) is 27.3 Å². The van der Waals surface area contributed by atoms with Gasteiger partial charge in [0.05, 0.1) is 43.9 Å². The Labute approximate surface area is 365 Å². The molecule has 2 aliphatic heterocycles. The van der Waals surface area contributed by atoms with E-state index >= 15 is 0 Å². The Balaban J connectivity index is 0.908. The van der Waals surface area contributed by atoms with Crippen LogP contribution in [0.2, 0.25) is 0 Å². The van der Waals surface area contributed by atoms with E-state index < -0.39 is 24.3 Å². The smallest absolute Gasteiger partial charge is 0.407 e. The second kappa shape index (κ2) is 17.4. The number of hydrogen-bond acceptors (Lipinski definition) is 8. The van der Waals surface area contributed by atoms with Gasteiger partial charge in [0.25, 0.3) is 5.91 Å². The minimum atomic E-state index is -0.874. The van der Waals surface area contributed by atoms with Gasteiger partial charge in [0.2, 0.25) is 5.91 Å². The van der Waals surface area contributed by atoms with Gasteiger partial charge >= 0.3 is 12.2 Å². The monoisotopic (exact) mass is 848 g/mol. The summed E-state index contributed by atoms with van der Waals surface area (Å²) in [5, 5.41) is 7.67. The van der Waals surface area contributed by atoms with Crippen LogP contribution >= 0.6 is 0 Å². The Bertz CT molecular complexity index is 2690. The van der Waals surface area contributed by atoms with Crippen LogP contribution in [0.1, 0.15) is 86.1 Å². The quantitative estimate of drug-likeness (QED) is 0.107. The average molecular weight is 849 g/mol. The third kappa shape index (κ3) is 8.13. The van der Waals surface area contributed by atoms with Crippen LogP contribution < -0.4 is 10.6 Å². The molecule has 4 N–H and O–H groups in total. The molecule has 1 unspecified atom stereocenters. The summed E-state index contributed by atoms with van der Waals surface area (Å²) in [4.78, 5) is 72.7. The molecule has 3 aliphatic rings. The molecule has 0 radical (unpaired) electrons. The number of nitrogens with one attached hydrogen (secondary N) is 4. The van der Waals surface area contributed by atoms with Crippen LogP contribution in [0.5, 0.6) is 0 Å². The van der Waals surface area contributed by atoms with Gasteiger partial charge in [0.1, 0.15) is 23.7 Å². The zero-order chi connectivity index (χ0) is 43.8. The van der Waals surface area contributed by atoms with Crippen LogP contribution in [0.4, 0.5) is 9.59 Å². The predicted molar refractivity (Wildman–Crippen MR) is 238 cm³/mol. The number of alkyl carbamates (subject to hydrolysis) is 2. The van der Waals surface area contributed by atoms with Crippen molar-refractivity contribution in [3.8, 4) is 33.6 Å². The van der Waals surface area contributed by atoms with Gasteiger partial charge in [-0.2, -0.15) is 0 Å². The first-order valence-electron chi connectivity index (χ1n) is 21.8. The van der Waals surface area contributed by atoms with E-state index in [4.69, 9.17) is 19.4 Å². The van der Waals surface area contributed by atoms with Gasteiger partial charge in [-0.3, -0.25) is 9.59 Å². The van der Waals surface area contributed by atoms with E-state index in [9.17, 15) is 19.2 Å². The van der Waals surface area contributed by atoms with Crippen molar-refractivity contribution >= 4 is 34.8 Å². The minimum Gasteiger partial charge on any atom is -0.453 e. The number of likely N-dealkylation sites (tertiary alicyclic amines) is 2. The standard InChI is InChI=1S/C49H52N8O6/c1-28(2)41(54-48(60)62-3)46(58)56-22-8-12-39(56)44-50-27-38(52-44)35-17-16-31-24-30(14-15-32(31)26-35)33-18-20-36-34(25-33)19-21-37-43(36)53-45(51-37)40-13-9-23-57(40)47(59)42(55-49(61)63-4)29-10-6-5-7-11-29/h5-7,10-11,14-18,20,24-28,39-42H,8-9,12-13,19,21-23H2,1-4H3,(H,50,52)(H,51,53)(H,54,60)(H,55,61)/t39-,40-,41?,42+/m0/s1. The van der Waals surface area contributed by atoms with Gasteiger partial charge in [-0.05, 0) is 89.6 Å². The predicted octanol–water partition coefficient (Wildman–Crippen LogP) is 8.19. The number of methoxy groups -OCH3 is 2. The molecular formula is C49H52N8O6. The summed E-state index contributed by atoms with van der Waals surface area (Å²) in [6.07, 6.45) is 5.46. The highest BCUT2D eigenvalue weighted by molar-refractivity contribution is 5.91. The van der Waals surface area contributed by atoms with Gasteiger partial charge in [-0.15, -0.1) is 0 Å². The summed E-state index contributed by atoms with van der Waals surface area (Å²) in [7, 11) is 2.59. The number of hydrogen-bond donors (Lipinski definition) is 4. The first-order chi connectivity index (χ1) is 30.6. The van der Waals surface area contributed by atoms with Crippen molar-refractivity contribution in [1.29, 1.82) is 0 Å². The van der Waals surface area contributed by atoms with Crippen molar-refractivity contribution in [2.24, 2.45) is 5.92 Å². The first-order valence-corrected chi connectivity index (χ1v) is 21.8. The van der Waals surface area contributed by atoms with Crippen molar-refractivity contribution in [1.82, 2.24) is 40.4 Å². The highest BCUT2D eigenvalue weighted by Crippen LogP contribution is 2.40. The van der Waals surface area contributed by atoms with Gasteiger partial charge in [0.15, 0.2) is 0 Å². The molecular weight excluding hydrogens is 797 g/mol. The van der Waals surface area contributed by atoms with Crippen molar-refractivity contribution in [3.05, 3.63) is 120 Å². The van der Waals surface area contributed by atoms with Crippen LogP contribution in [-0.4, -0.2) is 87.1 Å². The largest absolute Gasteiger partial charge is 0.453 e. The first kappa shape index (κ1) is 41.4. The number of aromatic nitrogens is 4. The number of nitrogens with zero attached hydrogens (tertiary/aromatic N) is 4. The number of amides is 4. The average Bonchev–Trinajstić information content (AvgIpc) is 4.16. The van der Waals surface area contributed by atoms with Gasteiger partial charge in [-0.1, -0.05) is 86.6 Å². The number of carbonyl (C=O) groups is 4. The maximum Gasteiger partial charge on any atom is 0.407 e. The molecule has 4 amide bonds. The molecule has 2 fully saturated rings. The fraction of sp³-hybridized carbons (Fsp3) is 0.347. The summed E-state index contributed by atoms with van der Waals surface area (Å²) in [6, 6.07) is 26.7. The highest BCUT2D eigenvalue weighted by atomic mass is 16.5. The summed E-state index contributed by atoms with van der Waals surface area (Å²) < 4.78 is 9.65. The molecule has 4 aromatic carbocycles. The number of carbonyl (C=O) groups excluding carboxylic acids is 4. The van der Waals surface area contributed by atoms with E-state index in [0.29, 0.717) is 18.7 Å². The molecule has 0 bridgehead atoms. The van der Waals surface area contributed by atoms with Crippen molar-refractivity contribution < 1.29 is 28.7 Å². The number of imidazole rings is 2. The van der Waals surface area contributed by atoms with E-state index in [-0.39, 0.29) is 29.8 Å². The number of ether oxygens (including phenoxy) is 2. The zero-order valence-electron chi connectivity index (χ0n) is 35.9. The Morgan fingerprint density at radius 1 is 0.714 bits per heavy atom. The highest BCUT2D eigenvalue weighted by Gasteiger charge is 2.39. The lowest BCUT2D eigenvalue weighted by molar-refractivity contribution is -0.135. The topological polar surface area (TPSA) is 175 Å². The van der Waals surface area contributed by atoms with Crippen LogP contribution in [0.25, 0.3) is 44.4 Å². The molecule has 14 heteroatoms. The molecule has 4 heterocycles. The maximum absolute atomic E-state index is 14.1. The van der Waals surface area contributed by atoms with Gasteiger partial charge in [-0.25, -0.2) is 19.6 Å². The molecule has 6 aromatic rings. The molecule has 63 heavy (non-hydrogen) atoms. The van der Waals surface area contributed by atoms with E-state index in [0.717, 1.165) is 100 Å². The minimum absolute atomic E-state index is 0.107. The lowest BCUT2D eigenvalue weighted by Crippen LogP contribution is -2.51. The third-order valence-electron chi connectivity index (χ3n) is 12.8. The van der Waals surface area contributed by atoms with Crippen LogP contribution in [-0.2, 0) is 31.9 Å². The Morgan fingerprint density at radius 3 is 2.06 bits per heavy atom. The van der Waals surface area contributed by atoms with E-state index in [1.54, 1.807) is 0 Å².